The molecule has 0 unspecified atom stereocenters. The number of anilines is 1. The molecule has 2 aliphatic rings. The minimum Gasteiger partial charge on any atom is -0.496 e. The molecule has 10 heteroatoms. The van der Waals surface area contributed by atoms with E-state index < -0.39 is 26.2 Å². The van der Waals surface area contributed by atoms with Crippen molar-refractivity contribution in [2.45, 2.75) is 36.0 Å². The Kier molecular flexibility index (Phi) is 6.44. The standard InChI is InChI=1S/C22H24ClFN2O5S/c1-30-19-4-3-15(23)11-16(19)22(6-8-31-9-7-22)13-25-32(28,29)20-10-14-2-5-21(27)26-18(14)12-17(20)24/h3-4,10-12,25H,2,5-9,13H2,1H3,(H,26,27). The van der Waals surface area contributed by atoms with Gasteiger partial charge in [-0.1, -0.05) is 11.6 Å². The third-order valence-corrected chi connectivity index (χ3v) is 7.78. The number of halogens is 2. The summed E-state index contributed by atoms with van der Waals surface area (Å²) in [4.78, 5) is 11.1. The Bertz CT molecular complexity index is 1150. The second-order valence-electron chi connectivity index (χ2n) is 8.05. The normalized spacial score (nSPS) is 18.0. The first-order valence-electron chi connectivity index (χ1n) is 10.3. The van der Waals surface area contributed by atoms with Gasteiger partial charge in [0.05, 0.1) is 7.11 Å². The highest BCUT2D eigenvalue weighted by molar-refractivity contribution is 7.89. The van der Waals surface area contributed by atoms with Crippen molar-refractivity contribution in [1.29, 1.82) is 0 Å². The predicted octanol–water partition coefficient (Wildman–Crippen LogP) is 3.40. The zero-order valence-corrected chi connectivity index (χ0v) is 19.1. The number of amides is 1. The summed E-state index contributed by atoms with van der Waals surface area (Å²) in [7, 11) is -2.62. The molecule has 32 heavy (non-hydrogen) atoms. The van der Waals surface area contributed by atoms with E-state index in [1.54, 1.807) is 25.3 Å². The van der Waals surface area contributed by atoms with E-state index in [4.69, 9.17) is 21.1 Å². The molecule has 4 rings (SSSR count). The molecule has 2 aromatic carbocycles. The number of nitrogens with one attached hydrogen (secondary N) is 2. The van der Waals surface area contributed by atoms with Gasteiger partial charge in [-0.05, 0) is 55.2 Å². The largest absolute Gasteiger partial charge is 0.496 e. The van der Waals surface area contributed by atoms with Gasteiger partial charge in [-0.25, -0.2) is 17.5 Å². The molecule has 1 fully saturated rings. The van der Waals surface area contributed by atoms with E-state index in [9.17, 15) is 17.6 Å². The number of carbonyl (C=O) groups is 1. The molecule has 2 N–H and O–H groups in total. The van der Waals surface area contributed by atoms with Crippen LogP contribution in [0.1, 0.15) is 30.4 Å². The Morgan fingerprint density at radius 2 is 1.97 bits per heavy atom. The molecule has 0 saturated carbocycles. The first kappa shape index (κ1) is 23.0. The smallest absolute Gasteiger partial charge is 0.243 e. The zero-order chi connectivity index (χ0) is 22.9. The van der Waals surface area contributed by atoms with Gasteiger partial charge in [-0.3, -0.25) is 4.79 Å². The van der Waals surface area contributed by atoms with E-state index in [0.717, 1.165) is 11.6 Å². The number of benzene rings is 2. The molecule has 0 atom stereocenters. The summed E-state index contributed by atoms with van der Waals surface area (Å²) in [5.74, 6) is -0.534. The summed E-state index contributed by atoms with van der Waals surface area (Å²) in [6.45, 7) is 0.928. The summed E-state index contributed by atoms with van der Waals surface area (Å²) in [5.41, 5.74) is 1.05. The summed E-state index contributed by atoms with van der Waals surface area (Å²) in [5, 5.41) is 3.09. The van der Waals surface area contributed by atoms with Crippen LogP contribution in [0, 0.1) is 5.82 Å². The number of rotatable bonds is 6. The highest BCUT2D eigenvalue weighted by Crippen LogP contribution is 2.41. The Morgan fingerprint density at radius 3 is 2.69 bits per heavy atom. The number of ether oxygens (including phenoxy) is 2. The third kappa shape index (κ3) is 4.47. The lowest BCUT2D eigenvalue weighted by Crippen LogP contribution is -2.45. The number of fused-ring (bicyclic) bond motifs is 1. The zero-order valence-electron chi connectivity index (χ0n) is 17.5. The minimum atomic E-state index is -4.17. The number of methoxy groups -OCH3 is 1. The average molecular weight is 483 g/mol. The maximum Gasteiger partial charge on any atom is 0.243 e. The maximum atomic E-state index is 14.7. The van der Waals surface area contributed by atoms with Crippen LogP contribution >= 0.6 is 11.6 Å². The van der Waals surface area contributed by atoms with Gasteiger partial charge in [0, 0.05) is 47.9 Å². The highest BCUT2D eigenvalue weighted by Gasteiger charge is 2.38. The van der Waals surface area contributed by atoms with Gasteiger partial charge in [0.25, 0.3) is 0 Å². The molecule has 7 nitrogen and oxygen atoms in total. The Labute approximate surface area is 191 Å². The third-order valence-electron chi connectivity index (χ3n) is 6.13. The van der Waals surface area contributed by atoms with Crippen LogP contribution < -0.4 is 14.8 Å². The van der Waals surface area contributed by atoms with Crippen LogP contribution in [0.2, 0.25) is 5.02 Å². The highest BCUT2D eigenvalue weighted by atomic mass is 35.5. The van der Waals surface area contributed by atoms with Crippen molar-refractivity contribution in [2.75, 3.05) is 32.2 Å². The van der Waals surface area contributed by atoms with Crippen molar-refractivity contribution >= 4 is 33.2 Å². The van der Waals surface area contributed by atoms with Gasteiger partial charge in [0.2, 0.25) is 15.9 Å². The lowest BCUT2D eigenvalue weighted by Gasteiger charge is -2.38. The molecule has 1 saturated heterocycles. The number of sulfonamides is 1. The minimum absolute atomic E-state index is 0.0304. The van der Waals surface area contributed by atoms with Crippen LogP contribution in [0.25, 0.3) is 0 Å². The Balaban J connectivity index is 1.66. The fraction of sp³-hybridized carbons (Fsp3) is 0.409. The fourth-order valence-corrected chi connectivity index (χ4v) is 5.70. The molecule has 172 valence electrons. The molecule has 0 bridgehead atoms. The monoisotopic (exact) mass is 482 g/mol. The van der Waals surface area contributed by atoms with Crippen LogP contribution in [0.15, 0.2) is 35.2 Å². The summed E-state index contributed by atoms with van der Waals surface area (Å²) in [6, 6.07) is 7.60. The van der Waals surface area contributed by atoms with Crippen molar-refractivity contribution < 1.29 is 27.1 Å². The molecule has 2 heterocycles. The van der Waals surface area contributed by atoms with Crippen LogP contribution in [-0.4, -0.2) is 41.2 Å². The number of carbonyl (C=O) groups excluding carboxylic acids is 1. The molecule has 1 amide bonds. The van der Waals surface area contributed by atoms with Gasteiger partial charge < -0.3 is 14.8 Å². The van der Waals surface area contributed by atoms with Crippen molar-refractivity contribution in [3.8, 4) is 5.75 Å². The fourth-order valence-electron chi connectivity index (χ4n) is 4.29. The maximum absolute atomic E-state index is 14.7. The van der Waals surface area contributed by atoms with Crippen LogP contribution in [0.4, 0.5) is 10.1 Å². The molecule has 0 aromatic heterocycles. The first-order chi connectivity index (χ1) is 15.2. The molecule has 2 aliphatic heterocycles. The van der Waals surface area contributed by atoms with Gasteiger partial charge >= 0.3 is 0 Å². The van der Waals surface area contributed by atoms with E-state index in [1.165, 1.54) is 6.07 Å². The SMILES string of the molecule is COc1ccc(Cl)cc1C1(CNS(=O)(=O)c2cc3c(cc2F)NC(=O)CC3)CCOCC1. The lowest BCUT2D eigenvalue weighted by atomic mass is 9.74. The van der Waals surface area contributed by atoms with E-state index in [-0.39, 0.29) is 18.9 Å². The van der Waals surface area contributed by atoms with E-state index in [2.05, 4.69) is 10.0 Å². The summed E-state index contributed by atoms with van der Waals surface area (Å²) in [6.07, 6.45) is 1.67. The first-order valence-corrected chi connectivity index (χ1v) is 12.1. The molecule has 2 aromatic rings. The van der Waals surface area contributed by atoms with E-state index >= 15 is 0 Å². The average Bonchev–Trinajstić information content (AvgIpc) is 2.78. The van der Waals surface area contributed by atoms with E-state index in [0.29, 0.717) is 54.5 Å². The van der Waals surface area contributed by atoms with Gasteiger partial charge in [0.15, 0.2) is 0 Å². The predicted molar refractivity (Wildman–Crippen MR) is 118 cm³/mol. The van der Waals surface area contributed by atoms with Crippen molar-refractivity contribution in [2.24, 2.45) is 0 Å². The quantitative estimate of drug-likeness (QED) is 0.658. The van der Waals surface area contributed by atoms with E-state index in [1.807, 2.05) is 0 Å². The van der Waals surface area contributed by atoms with Gasteiger partial charge in [-0.15, -0.1) is 0 Å². The molecule has 0 aliphatic carbocycles. The van der Waals surface area contributed by atoms with Gasteiger partial charge in [0.1, 0.15) is 16.5 Å². The Morgan fingerprint density at radius 1 is 1.22 bits per heavy atom. The van der Waals surface area contributed by atoms with Crippen molar-refractivity contribution in [1.82, 2.24) is 4.72 Å². The number of aryl methyl sites for hydroxylation is 1. The van der Waals surface area contributed by atoms with Crippen LogP contribution in [0.3, 0.4) is 0 Å². The van der Waals surface area contributed by atoms with Crippen molar-refractivity contribution in [3.05, 3.63) is 52.3 Å². The molecular formula is C22H24ClFN2O5S. The summed E-state index contributed by atoms with van der Waals surface area (Å²) < 4.78 is 54.6. The van der Waals surface area contributed by atoms with Crippen LogP contribution in [-0.2, 0) is 31.4 Å². The molecule has 0 spiro atoms. The second kappa shape index (κ2) is 8.97. The topological polar surface area (TPSA) is 93.7 Å². The molecular weight excluding hydrogens is 459 g/mol. The number of hydrogen-bond acceptors (Lipinski definition) is 5. The lowest BCUT2D eigenvalue weighted by molar-refractivity contribution is -0.116. The van der Waals surface area contributed by atoms with Gasteiger partial charge in [-0.2, -0.15) is 0 Å². The summed E-state index contributed by atoms with van der Waals surface area (Å²) >= 11 is 6.23. The van der Waals surface area contributed by atoms with Crippen molar-refractivity contribution in [3.63, 3.8) is 0 Å². The van der Waals surface area contributed by atoms with Crippen LogP contribution in [0.5, 0.6) is 5.75 Å². The number of hydrogen-bond donors (Lipinski definition) is 2. The second-order valence-corrected chi connectivity index (χ2v) is 10.2. The Hall–Kier alpha value is -2.20. The molecule has 0 radical (unpaired) electrons.